The van der Waals surface area contributed by atoms with Gasteiger partial charge in [0.15, 0.2) is 11.3 Å². The molecule has 1 aromatic carbocycles. The zero-order chi connectivity index (χ0) is 14.5. The van der Waals surface area contributed by atoms with Gasteiger partial charge in [-0.1, -0.05) is 12.1 Å². The van der Waals surface area contributed by atoms with Crippen LogP contribution >= 0.6 is 11.8 Å². The number of para-hydroxylation sites is 1. The van der Waals surface area contributed by atoms with Crippen LogP contribution in [-0.4, -0.2) is 24.5 Å². The summed E-state index contributed by atoms with van der Waals surface area (Å²) in [6, 6.07) is 7.58. The van der Waals surface area contributed by atoms with E-state index >= 15 is 0 Å². The average Bonchev–Trinajstić information content (AvgIpc) is 2.84. The number of carbonyl (C=O) groups is 1. The van der Waals surface area contributed by atoms with Gasteiger partial charge >= 0.3 is 0 Å². The summed E-state index contributed by atoms with van der Waals surface area (Å²) in [5, 5.41) is 3.90. The molecule has 5 heteroatoms. The normalized spacial score (nSPS) is 12.3. The Balaban J connectivity index is 2.22. The summed E-state index contributed by atoms with van der Waals surface area (Å²) in [5.41, 5.74) is 0.732. The van der Waals surface area contributed by atoms with Crippen molar-refractivity contribution in [3.63, 3.8) is 0 Å². The third-order valence-corrected chi connectivity index (χ3v) is 3.46. The van der Waals surface area contributed by atoms with Gasteiger partial charge in [-0.15, -0.1) is 0 Å². The maximum Gasteiger partial charge on any atom is 0.230 e. The van der Waals surface area contributed by atoms with E-state index in [4.69, 9.17) is 9.15 Å². The summed E-state index contributed by atoms with van der Waals surface area (Å²) in [6.45, 7) is 4.44. The highest BCUT2D eigenvalue weighted by Crippen LogP contribution is 2.31. The van der Waals surface area contributed by atoms with Crippen molar-refractivity contribution >= 4 is 28.6 Å². The molecule has 0 bridgehead atoms. The molecule has 0 spiro atoms. The van der Waals surface area contributed by atoms with Crippen LogP contribution in [0.25, 0.3) is 11.0 Å². The molecule has 1 aromatic heterocycles. The lowest BCUT2D eigenvalue weighted by atomic mass is 10.2. The topological polar surface area (TPSA) is 51.5 Å². The van der Waals surface area contributed by atoms with E-state index in [1.807, 2.05) is 44.4 Å². The Morgan fingerprint density at radius 3 is 3.00 bits per heavy atom. The van der Waals surface area contributed by atoms with Crippen molar-refractivity contribution in [1.29, 1.82) is 0 Å². The molecular formula is C15H19NO3S. The molecule has 0 aliphatic heterocycles. The first-order valence-corrected chi connectivity index (χ1v) is 7.98. The van der Waals surface area contributed by atoms with Crippen molar-refractivity contribution in [3.05, 3.63) is 30.0 Å². The maximum absolute atomic E-state index is 11.6. The van der Waals surface area contributed by atoms with Crippen LogP contribution in [0.2, 0.25) is 0 Å². The third-order valence-electron chi connectivity index (χ3n) is 2.91. The molecule has 0 fully saturated rings. The Bertz CT molecular complexity index is 594. The van der Waals surface area contributed by atoms with Gasteiger partial charge in [0.1, 0.15) is 5.76 Å². The van der Waals surface area contributed by atoms with Crippen LogP contribution in [0.3, 0.4) is 0 Å². The molecule has 20 heavy (non-hydrogen) atoms. The fourth-order valence-corrected chi connectivity index (χ4v) is 2.37. The predicted molar refractivity (Wildman–Crippen MR) is 82.3 cm³/mol. The molecular weight excluding hydrogens is 274 g/mol. The first kappa shape index (κ1) is 14.8. The quantitative estimate of drug-likeness (QED) is 0.887. The number of benzene rings is 1. The summed E-state index contributed by atoms with van der Waals surface area (Å²) < 4.78 is 11.4. The number of carbonyl (C=O) groups excluding carboxylic acids is 1. The number of nitrogens with one attached hydrogen (secondary N) is 1. The summed E-state index contributed by atoms with van der Waals surface area (Å²) in [5.74, 6) is 1.94. The third kappa shape index (κ3) is 3.28. The van der Waals surface area contributed by atoms with Crippen molar-refractivity contribution < 1.29 is 13.9 Å². The van der Waals surface area contributed by atoms with Crippen LogP contribution in [0.5, 0.6) is 5.75 Å². The molecule has 108 valence electrons. The molecule has 4 nitrogen and oxygen atoms in total. The lowest BCUT2D eigenvalue weighted by molar-refractivity contribution is -0.119. The zero-order valence-corrected chi connectivity index (χ0v) is 12.8. The number of ether oxygens (including phenoxy) is 1. The molecule has 0 aliphatic carbocycles. The van der Waals surface area contributed by atoms with Gasteiger partial charge in [-0.25, -0.2) is 0 Å². The smallest absolute Gasteiger partial charge is 0.230 e. The van der Waals surface area contributed by atoms with Crippen LogP contribution in [0.1, 0.15) is 25.6 Å². The average molecular weight is 293 g/mol. The van der Waals surface area contributed by atoms with Gasteiger partial charge in [-0.05, 0) is 32.2 Å². The maximum atomic E-state index is 11.6. The molecule has 1 amide bonds. The lowest BCUT2D eigenvalue weighted by Gasteiger charge is -2.10. The van der Waals surface area contributed by atoms with E-state index in [0.717, 1.165) is 22.5 Å². The molecule has 0 saturated heterocycles. The molecule has 2 rings (SSSR count). The number of fused-ring (bicyclic) bond motifs is 1. The molecule has 1 heterocycles. The predicted octanol–water partition coefficient (Wildman–Crippen LogP) is 3.37. The van der Waals surface area contributed by atoms with Crippen LogP contribution in [0.15, 0.2) is 28.7 Å². The largest absolute Gasteiger partial charge is 0.490 e. The van der Waals surface area contributed by atoms with Gasteiger partial charge in [0.05, 0.1) is 18.4 Å². The second-order valence-electron chi connectivity index (χ2n) is 4.48. The summed E-state index contributed by atoms with van der Waals surface area (Å²) in [4.78, 5) is 11.6. The minimum absolute atomic E-state index is 0.00971. The van der Waals surface area contributed by atoms with E-state index in [1.54, 1.807) is 0 Å². The summed E-state index contributed by atoms with van der Waals surface area (Å²) in [6.07, 6.45) is 1.90. The van der Waals surface area contributed by atoms with E-state index in [2.05, 4.69) is 5.32 Å². The van der Waals surface area contributed by atoms with Crippen molar-refractivity contribution in [2.45, 2.75) is 19.9 Å². The standard InChI is InChI=1S/C15H19NO3S/c1-4-18-12-7-5-6-11-8-13(19-15(11)12)10(2)16-14(17)9-20-3/h5-8,10H,4,9H2,1-3H3,(H,16,17). The molecule has 2 aromatic rings. The summed E-state index contributed by atoms with van der Waals surface area (Å²) >= 11 is 1.50. The number of amides is 1. The molecule has 0 aliphatic rings. The van der Waals surface area contributed by atoms with Crippen molar-refractivity contribution in [3.8, 4) is 5.75 Å². The highest BCUT2D eigenvalue weighted by molar-refractivity contribution is 7.99. The Labute approximate surface area is 122 Å². The first-order chi connectivity index (χ1) is 9.65. The van der Waals surface area contributed by atoms with Gasteiger partial charge < -0.3 is 14.5 Å². The van der Waals surface area contributed by atoms with Gasteiger partial charge in [0.25, 0.3) is 0 Å². The molecule has 0 radical (unpaired) electrons. The van der Waals surface area contributed by atoms with Crippen molar-refractivity contribution in [2.75, 3.05) is 18.6 Å². The van der Waals surface area contributed by atoms with E-state index in [0.29, 0.717) is 12.4 Å². The zero-order valence-electron chi connectivity index (χ0n) is 11.9. The highest BCUT2D eigenvalue weighted by atomic mass is 32.2. The van der Waals surface area contributed by atoms with Crippen LogP contribution < -0.4 is 10.1 Å². The Morgan fingerprint density at radius 2 is 2.30 bits per heavy atom. The van der Waals surface area contributed by atoms with Gasteiger partial charge in [-0.3, -0.25) is 4.79 Å². The Morgan fingerprint density at radius 1 is 1.50 bits per heavy atom. The van der Waals surface area contributed by atoms with E-state index in [1.165, 1.54) is 11.8 Å². The molecule has 0 saturated carbocycles. The monoisotopic (exact) mass is 293 g/mol. The van der Waals surface area contributed by atoms with Crippen LogP contribution in [0.4, 0.5) is 0 Å². The van der Waals surface area contributed by atoms with E-state index in [-0.39, 0.29) is 11.9 Å². The van der Waals surface area contributed by atoms with Gasteiger partial charge in [-0.2, -0.15) is 11.8 Å². The number of rotatable bonds is 6. The minimum Gasteiger partial charge on any atom is -0.490 e. The van der Waals surface area contributed by atoms with Crippen LogP contribution in [-0.2, 0) is 4.79 Å². The van der Waals surface area contributed by atoms with Crippen LogP contribution in [0, 0.1) is 0 Å². The van der Waals surface area contributed by atoms with E-state index in [9.17, 15) is 4.79 Å². The molecule has 1 atom stereocenters. The fraction of sp³-hybridized carbons (Fsp3) is 0.400. The number of furan rings is 1. The highest BCUT2D eigenvalue weighted by Gasteiger charge is 2.15. The van der Waals surface area contributed by atoms with Crippen molar-refractivity contribution in [2.24, 2.45) is 0 Å². The minimum atomic E-state index is -0.156. The number of hydrogen-bond acceptors (Lipinski definition) is 4. The second-order valence-corrected chi connectivity index (χ2v) is 5.34. The Kier molecular flexibility index (Phi) is 4.95. The van der Waals surface area contributed by atoms with E-state index < -0.39 is 0 Å². The lowest BCUT2D eigenvalue weighted by Crippen LogP contribution is -2.27. The summed E-state index contributed by atoms with van der Waals surface area (Å²) in [7, 11) is 0. The SMILES string of the molecule is CCOc1cccc2cc(C(C)NC(=O)CSC)oc12. The fourth-order valence-electron chi connectivity index (χ4n) is 2.02. The van der Waals surface area contributed by atoms with Gasteiger partial charge in [0, 0.05) is 5.39 Å². The molecule has 1 N–H and O–H groups in total. The van der Waals surface area contributed by atoms with Crippen molar-refractivity contribution in [1.82, 2.24) is 5.32 Å². The van der Waals surface area contributed by atoms with Gasteiger partial charge in [0.2, 0.25) is 5.91 Å². The molecule has 1 unspecified atom stereocenters. The number of thioether (sulfide) groups is 1. The number of hydrogen-bond donors (Lipinski definition) is 1. The second kappa shape index (κ2) is 6.70. The first-order valence-electron chi connectivity index (χ1n) is 6.59. The Hall–Kier alpha value is -1.62.